The molecule has 0 aliphatic heterocycles. The summed E-state index contributed by atoms with van der Waals surface area (Å²) in [4.78, 5) is 11.9. The van der Waals surface area contributed by atoms with Crippen LogP contribution in [0.15, 0.2) is 24.3 Å². The average molecular weight is 251 g/mol. The van der Waals surface area contributed by atoms with Gasteiger partial charge in [0.1, 0.15) is 5.82 Å². The lowest BCUT2D eigenvalue weighted by molar-refractivity contribution is 0.0936. The van der Waals surface area contributed by atoms with E-state index in [1.807, 2.05) is 0 Å². The summed E-state index contributed by atoms with van der Waals surface area (Å²) in [5, 5.41) is 2.88. The zero-order valence-electron chi connectivity index (χ0n) is 11.5. The Morgan fingerprint density at radius 1 is 1.22 bits per heavy atom. The largest absolute Gasteiger partial charge is 0.352 e. The van der Waals surface area contributed by atoms with E-state index in [9.17, 15) is 9.18 Å². The summed E-state index contributed by atoms with van der Waals surface area (Å²) in [6.45, 7) is 9.24. The summed E-state index contributed by atoms with van der Waals surface area (Å²) < 4.78 is 13.0. The van der Waals surface area contributed by atoms with Gasteiger partial charge >= 0.3 is 0 Å². The molecule has 0 aliphatic carbocycles. The maximum Gasteiger partial charge on any atom is 0.251 e. The third-order valence-corrected chi connectivity index (χ3v) is 3.30. The van der Waals surface area contributed by atoms with Crippen LogP contribution in [0.25, 0.3) is 0 Å². The van der Waals surface area contributed by atoms with E-state index in [1.54, 1.807) is 12.1 Å². The second-order valence-electron chi connectivity index (χ2n) is 5.37. The summed E-state index contributed by atoms with van der Waals surface area (Å²) in [5.74, 6) is 0.867. The summed E-state index contributed by atoms with van der Waals surface area (Å²) in [7, 11) is 0. The van der Waals surface area contributed by atoms with Crippen LogP contribution in [0.1, 0.15) is 38.1 Å². The Balaban J connectivity index is 2.60. The van der Waals surface area contributed by atoms with E-state index in [2.05, 4.69) is 33.0 Å². The normalized spacial score (nSPS) is 11.3. The predicted molar refractivity (Wildman–Crippen MR) is 71.9 cm³/mol. The first kappa shape index (κ1) is 14.7. The van der Waals surface area contributed by atoms with Crippen molar-refractivity contribution in [1.82, 2.24) is 5.32 Å². The van der Waals surface area contributed by atoms with Crippen molar-refractivity contribution >= 4 is 5.91 Å². The van der Waals surface area contributed by atoms with Gasteiger partial charge < -0.3 is 5.32 Å². The van der Waals surface area contributed by atoms with Gasteiger partial charge in [-0.25, -0.2) is 4.39 Å². The SMILES string of the molecule is CC(C)C(CNC(=O)c1cccc(F)c1)C(C)C. The molecule has 2 nitrogen and oxygen atoms in total. The van der Waals surface area contributed by atoms with E-state index in [0.717, 1.165) is 0 Å². The Bertz CT molecular complexity index is 393. The quantitative estimate of drug-likeness (QED) is 0.852. The van der Waals surface area contributed by atoms with Gasteiger partial charge in [0.25, 0.3) is 5.91 Å². The number of hydrogen-bond donors (Lipinski definition) is 1. The molecule has 3 heteroatoms. The van der Waals surface area contributed by atoms with Gasteiger partial charge in [0.05, 0.1) is 0 Å². The molecule has 0 atom stereocenters. The molecule has 0 spiro atoms. The Morgan fingerprint density at radius 3 is 2.33 bits per heavy atom. The minimum atomic E-state index is -0.382. The Morgan fingerprint density at radius 2 is 1.83 bits per heavy atom. The molecule has 1 N–H and O–H groups in total. The second kappa shape index (κ2) is 6.53. The van der Waals surface area contributed by atoms with Crippen molar-refractivity contribution in [1.29, 1.82) is 0 Å². The lowest BCUT2D eigenvalue weighted by Crippen LogP contribution is -2.33. The van der Waals surface area contributed by atoms with Crippen LogP contribution in [-0.2, 0) is 0 Å². The van der Waals surface area contributed by atoms with E-state index in [0.29, 0.717) is 29.9 Å². The number of halogens is 1. The van der Waals surface area contributed by atoms with Crippen LogP contribution >= 0.6 is 0 Å². The summed E-state index contributed by atoms with van der Waals surface area (Å²) in [6.07, 6.45) is 0. The monoisotopic (exact) mass is 251 g/mol. The number of benzene rings is 1. The topological polar surface area (TPSA) is 29.1 Å². The molecule has 0 saturated carbocycles. The second-order valence-corrected chi connectivity index (χ2v) is 5.37. The van der Waals surface area contributed by atoms with E-state index in [1.165, 1.54) is 12.1 Å². The Labute approximate surface area is 109 Å². The minimum Gasteiger partial charge on any atom is -0.352 e. The third kappa shape index (κ3) is 4.13. The fraction of sp³-hybridized carbons (Fsp3) is 0.533. The molecular formula is C15H22FNO. The maximum atomic E-state index is 13.0. The summed E-state index contributed by atoms with van der Waals surface area (Å²) in [6, 6.07) is 5.77. The lowest BCUT2D eigenvalue weighted by Gasteiger charge is -2.25. The molecule has 0 aromatic heterocycles. The van der Waals surface area contributed by atoms with Gasteiger partial charge in [-0.1, -0.05) is 33.8 Å². The highest BCUT2D eigenvalue weighted by Crippen LogP contribution is 2.19. The first-order valence-corrected chi connectivity index (χ1v) is 6.45. The molecule has 0 bridgehead atoms. The number of rotatable bonds is 5. The minimum absolute atomic E-state index is 0.208. The van der Waals surface area contributed by atoms with Gasteiger partial charge in [-0.05, 0) is 36.0 Å². The molecule has 0 radical (unpaired) electrons. The highest BCUT2D eigenvalue weighted by molar-refractivity contribution is 5.94. The highest BCUT2D eigenvalue weighted by atomic mass is 19.1. The molecule has 0 unspecified atom stereocenters. The molecular weight excluding hydrogens is 229 g/mol. The van der Waals surface area contributed by atoms with Gasteiger partial charge in [0.15, 0.2) is 0 Å². The Hall–Kier alpha value is -1.38. The molecule has 0 saturated heterocycles. The molecule has 1 amide bonds. The van der Waals surface area contributed by atoms with Crippen LogP contribution in [0.2, 0.25) is 0 Å². The summed E-state index contributed by atoms with van der Waals surface area (Å²) >= 11 is 0. The molecule has 0 heterocycles. The van der Waals surface area contributed by atoms with Crippen LogP contribution < -0.4 is 5.32 Å². The van der Waals surface area contributed by atoms with Crippen LogP contribution in [0.5, 0.6) is 0 Å². The van der Waals surface area contributed by atoms with Crippen LogP contribution in [0.4, 0.5) is 4.39 Å². The maximum absolute atomic E-state index is 13.0. The fourth-order valence-electron chi connectivity index (χ4n) is 2.18. The first-order chi connectivity index (χ1) is 8.41. The van der Waals surface area contributed by atoms with Crippen LogP contribution in [0, 0.1) is 23.6 Å². The fourth-order valence-corrected chi connectivity index (χ4v) is 2.18. The molecule has 1 aromatic carbocycles. The van der Waals surface area contributed by atoms with Crippen molar-refractivity contribution in [3.63, 3.8) is 0 Å². The van der Waals surface area contributed by atoms with Gasteiger partial charge in [-0.2, -0.15) is 0 Å². The van der Waals surface area contributed by atoms with Gasteiger partial charge in [0.2, 0.25) is 0 Å². The molecule has 0 aliphatic rings. The molecule has 18 heavy (non-hydrogen) atoms. The number of hydrogen-bond acceptors (Lipinski definition) is 1. The highest BCUT2D eigenvalue weighted by Gasteiger charge is 2.18. The average Bonchev–Trinajstić information content (AvgIpc) is 2.28. The zero-order chi connectivity index (χ0) is 13.7. The van der Waals surface area contributed by atoms with E-state index in [4.69, 9.17) is 0 Å². The van der Waals surface area contributed by atoms with Crippen molar-refractivity contribution in [3.05, 3.63) is 35.6 Å². The molecule has 0 fully saturated rings. The Kier molecular flexibility index (Phi) is 5.32. The number of nitrogens with one attached hydrogen (secondary N) is 1. The number of carbonyl (C=O) groups excluding carboxylic acids is 1. The van der Waals surface area contributed by atoms with E-state index >= 15 is 0 Å². The molecule has 1 aromatic rings. The molecule has 100 valence electrons. The predicted octanol–water partition coefficient (Wildman–Crippen LogP) is 3.48. The van der Waals surface area contributed by atoms with Crippen molar-refractivity contribution < 1.29 is 9.18 Å². The van der Waals surface area contributed by atoms with E-state index in [-0.39, 0.29) is 11.7 Å². The van der Waals surface area contributed by atoms with Crippen molar-refractivity contribution in [2.24, 2.45) is 17.8 Å². The first-order valence-electron chi connectivity index (χ1n) is 6.45. The number of carbonyl (C=O) groups is 1. The lowest BCUT2D eigenvalue weighted by atomic mass is 9.85. The third-order valence-electron chi connectivity index (χ3n) is 3.30. The zero-order valence-corrected chi connectivity index (χ0v) is 11.5. The summed E-state index contributed by atoms with van der Waals surface area (Å²) in [5.41, 5.74) is 0.376. The van der Waals surface area contributed by atoms with Crippen molar-refractivity contribution in [3.8, 4) is 0 Å². The number of amides is 1. The smallest absolute Gasteiger partial charge is 0.251 e. The van der Waals surface area contributed by atoms with Crippen molar-refractivity contribution in [2.45, 2.75) is 27.7 Å². The molecule has 1 rings (SSSR count). The van der Waals surface area contributed by atoms with E-state index < -0.39 is 0 Å². The van der Waals surface area contributed by atoms with Crippen LogP contribution in [0.3, 0.4) is 0 Å². The van der Waals surface area contributed by atoms with Gasteiger partial charge in [-0.3, -0.25) is 4.79 Å². The van der Waals surface area contributed by atoms with Crippen LogP contribution in [-0.4, -0.2) is 12.5 Å². The van der Waals surface area contributed by atoms with Crippen molar-refractivity contribution in [2.75, 3.05) is 6.54 Å². The van der Waals surface area contributed by atoms with Gasteiger partial charge in [-0.15, -0.1) is 0 Å². The standard InChI is InChI=1S/C15H22FNO/c1-10(2)14(11(3)4)9-17-15(18)12-6-5-7-13(16)8-12/h5-8,10-11,14H,9H2,1-4H3,(H,17,18). The van der Waals surface area contributed by atoms with Gasteiger partial charge in [0, 0.05) is 12.1 Å².